The molecule has 3 nitrogen and oxygen atoms in total. The van der Waals surface area contributed by atoms with Crippen LogP contribution in [0.5, 0.6) is 0 Å². The van der Waals surface area contributed by atoms with Crippen LogP contribution in [-0.4, -0.2) is 30.0 Å². The Morgan fingerprint density at radius 1 is 1.10 bits per heavy atom. The van der Waals surface area contributed by atoms with E-state index < -0.39 is 0 Å². The molecular formula is C18H25N3. The van der Waals surface area contributed by atoms with Crippen molar-refractivity contribution in [3.8, 4) is 0 Å². The van der Waals surface area contributed by atoms with Crippen molar-refractivity contribution in [2.24, 2.45) is 0 Å². The fraction of sp³-hybridized carbons (Fsp3) is 0.389. The van der Waals surface area contributed by atoms with Crippen molar-refractivity contribution in [2.75, 3.05) is 20.1 Å². The van der Waals surface area contributed by atoms with Crippen molar-refractivity contribution in [2.45, 2.75) is 25.9 Å². The van der Waals surface area contributed by atoms with Crippen LogP contribution in [0.3, 0.4) is 0 Å². The molecule has 0 saturated carbocycles. The molecule has 0 fully saturated rings. The van der Waals surface area contributed by atoms with Gasteiger partial charge in [-0.1, -0.05) is 43.3 Å². The van der Waals surface area contributed by atoms with Crippen LogP contribution in [0.2, 0.25) is 0 Å². The highest BCUT2D eigenvalue weighted by molar-refractivity contribution is 5.18. The van der Waals surface area contributed by atoms with Gasteiger partial charge in [-0.05, 0) is 37.7 Å². The predicted molar refractivity (Wildman–Crippen MR) is 88.0 cm³/mol. The Balaban J connectivity index is 1.87. The Hall–Kier alpha value is -1.71. The summed E-state index contributed by atoms with van der Waals surface area (Å²) in [6, 6.07) is 17.2. The summed E-state index contributed by atoms with van der Waals surface area (Å²) in [7, 11) is 2.16. The third-order valence-electron chi connectivity index (χ3n) is 3.61. The second-order valence-corrected chi connectivity index (χ2v) is 5.37. The van der Waals surface area contributed by atoms with Crippen LogP contribution in [0, 0.1) is 0 Å². The summed E-state index contributed by atoms with van der Waals surface area (Å²) in [5, 5.41) is 3.58. The molecule has 0 saturated heterocycles. The average Bonchev–Trinajstić information content (AvgIpc) is 2.53. The minimum atomic E-state index is 0.419. The zero-order chi connectivity index (χ0) is 14.9. The van der Waals surface area contributed by atoms with Crippen LogP contribution < -0.4 is 5.32 Å². The van der Waals surface area contributed by atoms with Gasteiger partial charge in [0.15, 0.2) is 0 Å². The van der Waals surface area contributed by atoms with Crippen molar-refractivity contribution in [1.82, 2.24) is 15.2 Å². The Kier molecular flexibility index (Phi) is 6.38. The molecule has 1 heterocycles. The maximum Gasteiger partial charge on any atom is 0.0543 e. The molecule has 0 radical (unpaired) electrons. The van der Waals surface area contributed by atoms with E-state index in [0.717, 1.165) is 31.7 Å². The molecule has 1 aromatic carbocycles. The second-order valence-electron chi connectivity index (χ2n) is 5.37. The van der Waals surface area contributed by atoms with E-state index in [2.05, 4.69) is 65.6 Å². The maximum atomic E-state index is 4.38. The number of aromatic nitrogens is 1. The van der Waals surface area contributed by atoms with Crippen molar-refractivity contribution < 1.29 is 0 Å². The lowest BCUT2D eigenvalue weighted by molar-refractivity contribution is 0.298. The average molecular weight is 283 g/mol. The first-order valence-corrected chi connectivity index (χ1v) is 7.66. The smallest absolute Gasteiger partial charge is 0.0543 e. The molecule has 112 valence electrons. The highest BCUT2D eigenvalue weighted by atomic mass is 15.1. The van der Waals surface area contributed by atoms with Crippen molar-refractivity contribution in [3.63, 3.8) is 0 Å². The summed E-state index contributed by atoms with van der Waals surface area (Å²) >= 11 is 0. The van der Waals surface area contributed by atoms with Crippen molar-refractivity contribution in [1.29, 1.82) is 0 Å². The number of hydrogen-bond acceptors (Lipinski definition) is 3. The van der Waals surface area contributed by atoms with Gasteiger partial charge in [0.2, 0.25) is 0 Å². The summed E-state index contributed by atoms with van der Waals surface area (Å²) < 4.78 is 0. The Labute approximate surface area is 128 Å². The molecule has 0 amide bonds. The second kappa shape index (κ2) is 8.55. The van der Waals surface area contributed by atoms with Gasteiger partial charge in [-0.2, -0.15) is 0 Å². The van der Waals surface area contributed by atoms with Gasteiger partial charge in [-0.25, -0.2) is 0 Å². The van der Waals surface area contributed by atoms with Gasteiger partial charge in [0.1, 0.15) is 0 Å². The first kappa shape index (κ1) is 15.7. The molecule has 2 rings (SSSR count). The third-order valence-corrected chi connectivity index (χ3v) is 3.61. The van der Waals surface area contributed by atoms with Gasteiger partial charge in [-0.3, -0.25) is 4.98 Å². The largest absolute Gasteiger partial charge is 0.310 e. The zero-order valence-electron chi connectivity index (χ0n) is 13.0. The standard InChI is InChI=1S/C18H25N3/c1-3-19-18(16-9-5-4-6-10-16)12-14-21(2)15-17-11-7-8-13-20-17/h4-11,13,18-19H,3,12,14-15H2,1-2H3. The molecule has 1 aromatic heterocycles. The van der Waals surface area contributed by atoms with E-state index in [-0.39, 0.29) is 0 Å². The van der Waals surface area contributed by atoms with E-state index in [0.29, 0.717) is 6.04 Å². The summed E-state index contributed by atoms with van der Waals surface area (Å²) in [6.07, 6.45) is 2.95. The molecule has 1 N–H and O–H groups in total. The van der Waals surface area contributed by atoms with Crippen molar-refractivity contribution >= 4 is 0 Å². The van der Waals surface area contributed by atoms with Crippen LogP contribution in [0.25, 0.3) is 0 Å². The summed E-state index contributed by atoms with van der Waals surface area (Å²) in [5.74, 6) is 0. The van der Waals surface area contributed by atoms with Gasteiger partial charge in [0.05, 0.1) is 5.69 Å². The van der Waals surface area contributed by atoms with Gasteiger partial charge in [-0.15, -0.1) is 0 Å². The molecule has 2 aromatic rings. The number of hydrogen-bond donors (Lipinski definition) is 1. The first-order chi connectivity index (χ1) is 10.3. The van der Waals surface area contributed by atoms with Gasteiger partial charge >= 0.3 is 0 Å². The van der Waals surface area contributed by atoms with E-state index >= 15 is 0 Å². The molecule has 1 unspecified atom stereocenters. The van der Waals surface area contributed by atoms with E-state index in [1.165, 1.54) is 5.56 Å². The van der Waals surface area contributed by atoms with Gasteiger partial charge < -0.3 is 10.2 Å². The summed E-state index contributed by atoms with van der Waals surface area (Å²) in [4.78, 5) is 6.71. The van der Waals surface area contributed by atoms with E-state index in [9.17, 15) is 0 Å². The monoisotopic (exact) mass is 283 g/mol. The lowest BCUT2D eigenvalue weighted by Crippen LogP contribution is -2.27. The molecule has 0 aliphatic carbocycles. The number of benzene rings is 1. The van der Waals surface area contributed by atoms with Crippen LogP contribution >= 0.6 is 0 Å². The molecular weight excluding hydrogens is 258 g/mol. The fourth-order valence-corrected chi connectivity index (χ4v) is 2.52. The summed E-state index contributed by atoms with van der Waals surface area (Å²) in [6.45, 7) is 5.09. The van der Waals surface area contributed by atoms with Gasteiger partial charge in [0.25, 0.3) is 0 Å². The number of pyridine rings is 1. The van der Waals surface area contributed by atoms with Crippen LogP contribution in [0.15, 0.2) is 54.7 Å². The number of nitrogens with zero attached hydrogens (tertiary/aromatic N) is 2. The normalized spacial score (nSPS) is 12.5. The maximum absolute atomic E-state index is 4.38. The minimum Gasteiger partial charge on any atom is -0.310 e. The Morgan fingerprint density at radius 3 is 2.52 bits per heavy atom. The van der Waals surface area contributed by atoms with E-state index in [1.807, 2.05) is 18.3 Å². The molecule has 0 spiro atoms. The highest BCUT2D eigenvalue weighted by Gasteiger charge is 2.11. The Morgan fingerprint density at radius 2 is 1.86 bits per heavy atom. The lowest BCUT2D eigenvalue weighted by atomic mass is 10.0. The third kappa shape index (κ3) is 5.29. The predicted octanol–water partition coefficient (Wildman–Crippen LogP) is 3.25. The molecule has 1 atom stereocenters. The molecule has 0 aliphatic heterocycles. The topological polar surface area (TPSA) is 28.2 Å². The molecule has 21 heavy (non-hydrogen) atoms. The van der Waals surface area contributed by atoms with Crippen LogP contribution in [0.4, 0.5) is 0 Å². The Bertz CT molecular complexity index is 498. The number of rotatable bonds is 8. The fourth-order valence-electron chi connectivity index (χ4n) is 2.52. The number of nitrogens with one attached hydrogen (secondary N) is 1. The molecule has 3 heteroatoms. The molecule has 0 aliphatic rings. The quantitative estimate of drug-likeness (QED) is 0.806. The lowest BCUT2D eigenvalue weighted by Gasteiger charge is -2.22. The summed E-state index contributed by atoms with van der Waals surface area (Å²) in [5.41, 5.74) is 2.49. The first-order valence-electron chi connectivity index (χ1n) is 7.66. The van der Waals surface area contributed by atoms with Crippen LogP contribution in [-0.2, 0) is 6.54 Å². The highest BCUT2D eigenvalue weighted by Crippen LogP contribution is 2.17. The zero-order valence-corrected chi connectivity index (χ0v) is 13.0. The van der Waals surface area contributed by atoms with Gasteiger partial charge in [0, 0.05) is 25.3 Å². The van der Waals surface area contributed by atoms with E-state index in [4.69, 9.17) is 0 Å². The SMILES string of the molecule is CCNC(CCN(C)Cc1ccccn1)c1ccccc1. The minimum absolute atomic E-state index is 0.419. The van der Waals surface area contributed by atoms with Crippen molar-refractivity contribution in [3.05, 3.63) is 66.0 Å². The molecule has 0 bridgehead atoms. The van der Waals surface area contributed by atoms with E-state index in [1.54, 1.807) is 0 Å². The van der Waals surface area contributed by atoms with Crippen LogP contribution in [0.1, 0.15) is 30.6 Å².